The van der Waals surface area contributed by atoms with Crippen LogP contribution in [0.15, 0.2) is 18.3 Å². The van der Waals surface area contributed by atoms with Crippen LogP contribution < -0.4 is 5.32 Å². The summed E-state index contributed by atoms with van der Waals surface area (Å²) in [4.78, 5) is 14.2. The first-order chi connectivity index (χ1) is 8.70. The molecule has 1 aromatic rings. The third-order valence-electron chi connectivity index (χ3n) is 3.47. The molecule has 1 aromatic heterocycles. The smallest absolute Gasteiger partial charge is 0.240 e. The van der Waals surface area contributed by atoms with E-state index in [0.717, 1.165) is 25.1 Å². The van der Waals surface area contributed by atoms with Crippen molar-refractivity contribution < 1.29 is 4.79 Å². The molecule has 2 rings (SSSR count). The van der Waals surface area contributed by atoms with Crippen LogP contribution in [0.5, 0.6) is 0 Å². The van der Waals surface area contributed by atoms with Gasteiger partial charge in [0.1, 0.15) is 0 Å². The minimum Gasteiger partial charge on any atom is -0.335 e. The molecule has 98 valence electrons. The highest BCUT2D eigenvalue weighted by molar-refractivity contribution is 5.82. The van der Waals surface area contributed by atoms with E-state index in [1.165, 1.54) is 0 Å². The van der Waals surface area contributed by atoms with E-state index in [-0.39, 0.29) is 11.9 Å². The van der Waals surface area contributed by atoms with Crippen LogP contribution in [-0.4, -0.2) is 40.6 Å². The van der Waals surface area contributed by atoms with Gasteiger partial charge in [0, 0.05) is 12.7 Å². The van der Waals surface area contributed by atoms with Crippen molar-refractivity contribution in [1.29, 1.82) is 0 Å². The second-order valence-corrected chi connectivity index (χ2v) is 4.95. The van der Waals surface area contributed by atoms with Crippen LogP contribution in [0.2, 0.25) is 0 Å². The molecule has 2 heterocycles. The summed E-state index contributed by atoms with van der Waals surface area (Å²) in [6.07, 6.45) is 3.60. The number of nitrogens with one attached hydrogen (secondary N) is 1. The number of hydrogen-bond donors (Lipinski definition) is 1. The minimum atomic E-state index is -0.0702. The Hall–Kier alpha value is -1.49. The molecule has 0 aliphatic carbocycles. The van der Waals surface area contributed by atoms with Crippen LogP contribution in [0.1, 0.15) is 25.5 Å². The van der Waals surface area contributed by atoms with Gasteiger partial charge >= 0.3 is 0 Å². The minimum absolute atomic E-state index is 0.0702. The van der Waals surface area contributed by atoms with Crippen LogP contribution in [0.4, 0.5) is 0 Å². The SMILES string of the molecule is CNC1CC(C)CCN(Cc2cccnn2)C1=O. The lowest BCUT2D eigenvalue weighted by Gasteiger charge is -2.23. The summed E-state index contributed by atoms with van der Waals surface area (Å²) in [7, 11) is 1.85. The lowest BCUT2D eigenvalue weighted by Crippen LogP contribution is -2.43. The van der Waals surface area contributed by atoms with Crippen molar-refractivity contribution in [3.8, 4) is 0 Å². The van der Waals surface area contributed by atoms with E-state index >= 15 is 0 Å². The molecule has 1 saturated heterocycles. The monoisotopic (exact) mass is 248 g/mol. The van der Waals surface area contributed by atoms with Gasteiger partial charge in [-0.2, -0.15) is 10.2 Å². The molecule has 18 heavy (non-hydrogen) atoms. The van der Waals surface area contributed by atoms with Gasteiger partial charge in [0.05, 0.1) is 18.3 Å². The summed E-state index contributed by atoms with van der Waals surface area (Å²) in [5.41, 5.74) is 0.843. The van der Waals surface area contributed by atoms with E-state index < -0.39 is 0 Å². The predicted molar refractivity (Wildman–Crippen MR) is 68.7 cm³/mol. The average Bonchev–Trinajstić information content (AvgIpc) is 2.53. The lowest BCUT2D eigenvalue weighted by molar-refractivity contribution is -0.133. The highest BCUT2D eigenvalue weighted by Crippen LogP contribution is 2.19. The molecule has 0 radical (unpaired) electrons. The highest BCUT2D eigenvalue weighted by Gasteiger charge is 2.28. The molecule has 0 bridgehead atoms. The summed E-state index contributed by atoms with van der Waals surface area (Å²) in [5, 5.41) is 11.0. The molecule has 1 N–H and O–H groups in total. The number of nitrogens with zero attached hydrogens (tertiary/aromatic N) is 3. The fraction of sp³-hybridized carbons (Fsp3) is 0.615. The largest absolute Gasteiger partial charge is 0.335 e. The molecule has 2 unspecified atom stereocenters. The summed E-state index contributed by atoms with van der Waals surface area (Å²) < 4.78 is 0. The Kier molecular flexibility index (Phi) is 4.25. The molecule has 0 spiro atoms. The summed E-state index contributed by atoms with van der Waals surface area (Å²) >= 11 is 0. The average molecular weight is 248 g/mol. The zero-order chi connectivity index (χ0) is 13.0. The van der Waals surface area contributed by atoms with Gasteiger partial charge in [-0.15, -0.1) is 0 Å². The molecule has 1 aliphatic rings. The van der Waals surface area contributed by atoms with Crippen LogP contribution in [-0.2, 0) is 11.3 Å². The zero-order valence-corrected chi connectivity index (χ0v) is 11.0. The van der Waals surface area contributed by atoms with E-state index in [1.54, 1.807) is 6.20 Å². The molecule has 5 nitrogen and oxygen atoms in total. The third kappa shape index (κ3) is 3.04. The van der Waals surface area contributed by atoms with Crippen LogP contribution >= 0.6 is 0 Å². The molecule has 1 amide bonds. The maximum absolute atomic E-state index is 12.3. The van der Waals surface area contributed by atoms with Crippen molar-refractivity contribution in [1.82, 2.24) is 20.4 Å². The topological polar surface area (TPSA) is 58.1 Å². The van der Waals surface area contributed by atoms with Gasteiger partial charge in [-0.3, -0.25) is 4.79 Å². The number of likely N-dealkylation sites (N-methyl/N-ethyl adjacent to an activating group) is 1. The fourth-order valence-electron chi connectivity index (χ4n) is 2.34. The second kappa shape index (κ2) is 5.91. The van der Waals surface area contributed by atoms with Gasteiger partial charge < -0.3 is 10.2 Å². The standard InChI is InChI=1S/C13H20N4O/c1-10-5-7-17(13(18)12(8-10)14-2)9-11-4-3-6-15-16-11/h3-4,6,10,12,14H,5,7-9H2,1-2H3. The molecule has 0 saturated carbocycles. The quantitative estimate of drug-likeness (QED) is 0.860. The first-order valence-electron chi connectivity index (χ1n) is 6.43. The number of aromatic nitrogens is 2. The Morgan fingerprint density at radius 3 is 3.06 bits per heavy atom. The number of likely N-dealkylation sites (tertiary alicyclic amines) is 1. The van der Waals surface area contributed by atoms with Crippen LogP contribution in [0.25, 0.3) is 0 Å². The molecule has 5 heteroatoms. The van der Waals surface area contributed by atoms with Gasteiger partial charge in [0.15, 0.2) is 0 Å². The van der Waals surface area contributed by atoms with Crippen LogP contribution in [0.3, 0.4) is 0 Å². The van der Waals surface area contributed by atoms with E-state index in [9.17, 15) is 4.79 Å². The maximum Gasteiger partial charge on any atom is 0.240 e. The summed E-state index contributed by atoms with van der Waals surface area (Å²) in [6, 6.07) is 3.69. The van der Waals surface area contributed by atoms with E-state index in [2.05, 4.69) is 22.4 Å². The van der Waals surface area contributed by atoms with E-state index in [4.69, 9.17) is 0 Å². The molecule has 1 aliphatic heterocycles. The third-order valence-corrected chi connectivity index (χ3v) is 3.47. The van der Waals surface area contributed by atoms with Crippen molar-refractivity contribution in [3.63, 3.8) is 0 Å². The van der Waals surface area contributed by atoms with Gasteiger partial charge in [-0.05, 0) is 37.9 Å². The maximum atomic E-state index is 12.3. The van der Waals surface area contributed by atoms with E-state index in [1.807, 2.05) is 24.1 Å². The summed E-state index contributed by atoms with van der Waals surface area (Å²) in [5.74, 6) is 0.741. The van der Waals surface area contributed by atoms with Gasteiger partial charge in [0.25, 0.3) is 0 Å². The van der Waals surface area contributed by atoms with Crippen molar-refractivity contribution in [3.05, 3.63) is 24.0 Å². The Morgan fingerprint density at radius 1 is 1.56 bits per heavy atom. The highest BCUT2D eigenvalue weighted by atomic mass is 16.2. The van der Waals surface area contributed by atoms with Crippen LogP contribution in [0, 0.1) is 5.92 Å². The normalized spacial score (nSPS) is 25.0. The Bertz CT molecular complexity index is 395. The lowest BCUT2D eigenvalue weighted by atomic mass is 10.0. The molecular formula is C13H20N4O. The molecule has 2 atom stereocenters. The zero-order valence-electron chi connectivity index (χ0n) is 11.0. The molecule has 0 aromatic carbocycles. The number of amides is 1. The van der Waals surface area contributed by atoms with Crippen molar-refractivity contribution in [2.24, 2.45) is 5.92 Å². The molecule has 1 fully saturated rings. The first-order valence-corrected chi connectivity index (χ1v) is 6.43. The van der Waals surface area contributed by atoms with Gasteiger partial charge in [0.2, 0.25) is 5.91 Å². The van der Waals surface area contributed by atoms with Gasteiger partial charge in [-0.1, -0.05) is 6.92 Å². The fourth-order valence-corrected chi connectivity index (χ4v) is 2.34. The van der Waals surface area contributed by atoms with Gasteiger partial charge in [-0.25, -0.2) is 0 Å². The number of carbonyl (C=O) groups excluding carboxylic acids is 1. The number of hydrogen-bond acceptors (Lipinski definition) is 4. The Labute approximate surface area is 108 Å². The van der Waals surface area contributed by atoms with Crippen molar-refractivity contribution >= 4 is 5.91 Å². The second-order valence-electron chi connectivity index (χ2n) is 4.95. The number of rotatable bonds is 3. The Morgan fingerprint density at radius 2 is 2.39 bits per heavy atom. The number of carbonyl (C=O) groups is 1. The predicted octanol–water partition coefficient (Wildman–Crippen LogP) is 0.823. The van der Waals surface area contributed by atoms with Crippen molar-refractivity contribution in [2.45, 2.75) is 32.4 Å². The molecular weight excluding hydrogens is 228 g/mol. The first kappa shape index (κ1) is 13.0. The summed E-state index contributed by atoms with van der Waals surface area (Å²) in [6.45, 7) is 3.55. The van der Waals surface area contributed by atoms with E-state index in [0.29, 0.717) is 12.5 Å². The Balaban J connectivity index is 2.09. The van der Waals surface area contributed by atoms with Crippen molar-refractivity contribution in [2.75, 3.05) is 13.6 Å².